The van der Waals surface area contributed by atoms with Gasteiger partial charge in [0.2, 0.25) is 0 Å². The van der Waals surface area contributed by atoms with E-state index in [0.29, 0.717) is 6.08 Å². The maximum Gasteiger partial charge on any atom is 0.421 e. The molecule has 0 aromatic heterocycles. The van der Waals surface area contributed by atoms with Gasteiger partial charge in [-0.05, 0) is 12.5 Å². The predicted octanol–water partition coefficient (Wildman–Crippen LogP) is 2.99. The average molecular weight is 215 g/mol. The smallest absolute Gasteiger partial charge is 0.327 e. The van der Waals surface area contributed by atoms with Gasteiger partial charge in [-0.15, -0.1) is 0 Å². The minimum atomic E-state index is -5.03. The van der Waals surface area contributed by atoms with Crippen LogP contribution >= 0.6 is 0 Å². The van der Waals surface area contributed by atoms with E-state index in [2.05, 4.69) is 0 Å². The first-order valence-electron chi connectivity index (χ1n) is 3.86. The number of nitrogens with two attached hydrogens (primary N) is 1. The molecule has 0 spiro atoms. The zero-order valence-electron chi connectivity index (χ0n) is 7.46. The van der Waals surface area contributed by atoms with Crippen molar-refractivity contribution in [1.29, 1.82) is 0 Å². The van der Waals surface area contributed by atoms with Gasteiger partial charge in [0.25, 0.3) is 0 Å². The van der Waals surface area contributed by atoms with Gasteiger partial charge in [-0.1, -0.05) is 6.92 Å². The molecule has 2 N–H and O–H groups in total. The molecule has 0 bridgehead atoms. The van der Waals surface area contributed by atoms with Crippen molar-refractivity contribution in [3.05, 3.63) is 23.3 Å². The molecule has 0 fully saturated rings. The highest BCUT2D eigenvalue weighted by Gasteiger charge is 2.39. The van der Waals surface area contributed by atoms with Gasteiger partial charge in [0.1, 0.15) is 17.2 Å². The van der Waals surface area contributed by atoms with Crippen LogP contribution in [0, 0.1) is 0 Å². The Bertz CT molecular complexity index is 251. The van der Waals surface area contributed by atoms with Crippen LogP contribution in [-0.4, -0.2) is 12.7 Å². The summed E-state index contributed by atoms with van der Waals surface area (Å²) in [5, 5.41) is 0. The second kappa shape index (κ2) is 5.09. The molecule has 0 rings (SSSR count). The summed E-state index contributed by atoms with van der Waals surface area (Å²) in [5.74, 6) is -3.20. The Labute approximate surface area is 78.1 Å². The van der Waals surface area contributed by atoms with Crippen LogP contribution in [0.5, 0.6) is 0 Å². The summed E-state index contributed by atoms with van der Waals surface area (Å²) in [5.41, 5.74) is 2.95. The molecular weight excluding hydrogens is 205 g/mol. The first-order chi connectivity index (χ1) is 6.34. The number of alkyl halides is 3. The Morgan fingerprint density at radius 3 is 2.07 bits per heavy atom. The van der Waals surface area contributed by atoms with Crippen molar-refractivity contribution in [2.75, 3.05) is 6.54 Å². The second-order valence-corrected chi connectivity index (χ2v) is 2.42. The fourth-order valence-corrected chi connectivity index (χ4v) is 0.801. The minimum Gasteiger partial charge on any atom is -0.327 e. The molecule has 0 heterocycles. The van der Waals surface area contributed by atoms with Crippen molar-refractivity contribution in [2.24, 2.45) is 5.73 Å². The van der Waals surface area contributed by atoms with Crippen molar-refractivity contribution < 1.29 is 22.0 Å². The maximum absolute atomic E-state index is 12.8. The molecule has 0 saturated carbocycles. The van der Waals surface area contributed by atoms with E-state index in [1.54, 1.807) is 0 Å². The number of rotatable bonds is 3. The standard InChI is InChI=1S/C8H10F5N/c1-2-5(9)7(8(11,12)13)6(10)3-4-14/h3H,2,4,14H2,1H3/b6-3+,7-5-. The molecule has 0 saturated heterocycles. The van der Waals surface area contributed by atoms with E-state index in [1.807, 2.05) is 0 Å². The van der Waals surface area contributed by atoms with Gasteiger partial charge in [0, 0.05) is 6.54 Å². The van der Waals surface area contributed by atoms with Crippen molar-refractivity contribution in [1.82, 2.24) is 0 Å². The van der Waals surface area contributed by atoms with Gasteiger partial charge in [-0.2, -0.15) is 13.2 Å². The Hall–Kier alpha value is -0.910. The van der Waals surface area contributed by atoms with Crippen molar-refractivity contribution in [2.45, 2.75) is 19.5 Å². The molecule has 6 heteroatoms. The van der Waals surface area contributed by atoms with Gasteiger partial charge >= 0.3 is 6.18 Å². The lowest BCUT2D eigenvalue weighted by atomic mass is 10.1. The third-order valence-corrected chi connectivity index (χ3v) is 1.40. The van der Waals surface area contributed by atoms with Crippen LogP contribution in [0.15, 0.2) is 23.3 Å². The SMILES string of the molecule is CC/C(F)=C(\C(F)=C/CN)C(F)(F)F. The highest BCUT2D eigenvalue weighted by Crippen LogP contribution is 2.35. The lowest BCUT2D eigenvalue weighted by Gasteiger charge is -2.10. The van der Waals surface area contributed by atoms with E-state index in [0.717, 1.165) is 6.92 Å². The summed E-state index contributed by atoms with van der Waals surface area (Å²) >= 11 is 0. The van der Waals surface area contributed by atoms with Gasteiger partial charge in [0.05, 0.1) is 0 Å². The first-order valence-corrected chi connectivity index (χ1v) is 3.86. The second-order valence-electron chi connectivity index (χ2n) is 2.42. The fraction of sp³-hybridized carbons (Fsp3) is 0.500. The van der Waals surface area contributed by atoms with Gasteiger partial charge in [-0.3, -0.25) is 0 Å². The number of hydrogen-bond donors (Lipinski definition) is 1. The molecule has 0 aliphatic carbocycles. The Kier molecular flexibility index (Phi) is 4.76. The molecule has 0 unspecified atom stereocenters. The van der Waals surface area contributed by atoms with E-state index in [4.69, 9.17) is 5.73 Å². The predicted molar refractivity (Wildman–Crippen MR) is 42.7 cm³/mol. The third kappa shape index (κ3) is 3.45. The van der Waals surface area contributed by atoms with Gasteiger partial charge in [-0.25, -0.2) is 8.78 Å². The van der Waals surface area contributed by atoms with Crippen LogP contribution in [-0.2, 0) is 0 Å². The zero-order valence-corrected chi connectivity index (χ0v) is 7.46. The number of allylic oxidation sites excluding steroid dienone is 3. The highest BCUT2D eigenvalue weighted by molar-refractivity contribution is 5.32. The fourth-order valence-electron chi connectivity index (χ4n) is 0.801. The van der Waals surface area contributed by atoms with Gasteiger partial charge < -0.3 is 5.73 Å². The van der Waals surface area contributed by atoms with Gasteiger partial charge in [0.15, 0.2) is 0 Å². The molecule has 14 heavy (non-hydrogen) atoms. The number of halogens is 5. The molecule has 0 aromatic rings. The molecule has 0 aliphatic heterocycles. The van der Waals surface area contributed by atoms with E-state index in [9.17, 15) is 22.0 Å². The highest BCUT2D eigenvalue weighted by atomic mass is 19.4. The summed E-state index contributed by atoms with van der Waals surface area (Å²) in [6.07, 6.45) is -5.06. The molecule has 0 atom stereocenters. The Morgan fingerprint density at radius 1 is 1.29 bits per heavy atom. The topological polar surface area (TPSA) is 26.0 Å². The van der Waals surface area contributed by atoms with Crippen LogP contribution in [0.25, 0.3) is 0 Å². The van der Waals surface area contributed by atoms with Crippen molar-refractivity contribution >= 4 is 0 Å². The van der Waals surface area contributed by atoms with Crippen molar-refractivity contribution in [3.8, 4) is 0 Å². The molecule has 0 aromatic carbocycles. The van der Waals surface area contributed by atoms with E-state index >= 15 is 0 Å². The Morgan fingerprint density at radius 2 is 1.79 bits per heavy atom. The monoisotopic (exact) mass is 215 g/mol. The molecule has 1 nitrogen and oxygen atoms in total. The summed E-state index contributed by atoms with van der Waals surface area (Å²) in [4.78, 5) is 0. The normalized spacial score (nSPS) is 15.5. The van der Waals surface area contributed by atoms with E-state index in [-0.39, 0.29) is 0 Å². The molecular formula is C8H10F5N. The summed E-state index contributed by atoms with van der Waals surface area (Å²) in [7, 11) is 0. The van der Waals surface area contributed by atoms with Crippen LogP contribution in [0.4, 0.5) is 22.0 Å². The van der Waals surface area contributed by atoms with Crippen LogP contribution in [0.1, 0.15) is 13.3 Å². The zero-order chi connectivity index (χ0) is 11.4. The Balaban J connectivity index is 5.25. The summed E-state index contributed by atoms with van der Waals surface area (Å²) in [6, 6.07) is 0. The lowest BCUT2D eigenvalue weighted by Crippen LogP contribution is -2.15. The quantitative estimate of drug-likeness (QED) is 0.568. The van der Waals surface area contributed by atoms with E-state index < -0.39 is 36.4 Å². The lowest BCUT2D eigenvalue weighted by molar-refractivity contribution is -0.0931. The van der Waals surface area contributed by atoms with Crippen LogP contribution in [0.3, 0.4) is 0 Å². The minimum absolute atomic E-state index is 0.414. The molecule has 82 valence electrons. The molecule has 0 aliphatic rings. The largest absolute Gasteiger partial charge is 0.421 e. The summed E-state index contributed by atoms with van der Waals surface area (Å²) in [6.45, 7) is 0.749. The number of hydrogen-bond acceptors (Lipinski definition) is 1. The molecule has 0 radical (unpaired) electrons. The average Bonchev–Trinajstić information content (AvgIpc) is 2.02. The maximum atomic E-state index is 12.8. The van der Waals surface area contributed by atoms with E-state index in [1.165, 1.54) is 0 Å². The summed E-state index contributed by atoms with van der Waals surface area (Å²) < 4.78 is 61.8. The van der Waals surface area contributed by atoms with Crippen LogP contribution < -0.4 is 5.73 Å². The van der Waals surface area contributed by atoms with Crippen LogP contribution in [0.2, 0.25) is 0 Å². The molecule has 0 amide bonds. The third-order valence-electron chi connectivity index (χ3n) is 1.40. The van der Waals surface area contributed by atoms with Crippen molar-refractivity contribution in [3.63, 3.8) is 0 Å². The first kappa shape index (κ1) is 13.1.